The van der Waals surface area contributed by atoms with Crippen molar-refractivity contribution in [2.75, 3.05) is 13.7 Å². The van der Waals surface area contributed by atoms with Crippen LogP contribution in [0.15, 0.2) is 24.3 Å². The molecule has 2 heterocycles. The number of methoxy groups -OCH3 is 1. The van der Waals surface area contributed by atoms with E-state index in [1.807, 2.05) is 29.2 Å². The van der Waals surface area contributed by atoms with Gasteiger partial charge in [0.2, 0.25) is 5.91 Å². The van der Waals surface area contributed by atoms with Crippen molar-refractivity contribution in [3.63, 3.8) is 0 Å². The second-order valence-corrected chi connectivity index (χ2v) is 6.34. The van der Waals surface area contributed by atoms with Crippen LogP contribution in [0.4, 0.5) is 0 Å². The first-order chi connectivity index (χ1) is 11.2. The molecule has 1 aliphatic carbocycles. The highest BCUT2D eigenvalue weighted by Gasteiger charge is 2.35. The van der Waals surface area contributed by atoms with E-state index in [0.29, 0.717) is 25.4 Å². The molecule has 1 atom stereocenters. The van der Waals surface area contributed by atoms with Crippen molar-refractivity contribution in [1.29, 1.82) is 0 Å². The minimum Gasteiger partial charge on any atom is -0.496 e. The van der Waals surface area contributed by atoms with Gasteiger partial charge in [0.25, 0.3) is 0 Å². The van der Waals surface area contributed by atoms with Crippen LogP contribution in [0.3, 0.4) is 0 Å². The number of carbonyl (C=O) groups excluding carboxylic acids is 1. The van der Waals surface area contributed by atoms with Crippen molar-refractivity contribution < 1.29 is 9.53 Å². The van der Waals surface area contributed by atoms with Crippen molar-refractivity contribution >= 4 is 5.91 Å². The van der Waals surface area contributed by atoms with Gasteiger partial charge in [-0.3, -0.25) is 9.89 Å². The average molecular weight is 312 g/mol. The largest absolute Gasteiger partial charge is 0.496 e. The van der Waals surface area contributed by atoms with E-state index < -0.39 is 0 Å². The molecule has 2 aliphatic rings. The van der Waals surface area contributed by atoms with Gasteiger partial charge in [-0.25, -0.2) is 4.98 Å². The number of carbonyl (C=O) groups is 1. The molecule has 0 spiro atoms. The fraction of sp³-hybridized carbons (Fsp3) is 0.471. The zero-order chi connectivity index (χ0) is 15.8. The molecule has 1 aromatic heterocycles. The van der Waals surface area contributed by atoms with Crippen LogP contribution in [0.25, 0.3) is 0 Å². The van der Waals surface area contributed by atoms with Gasteiger partial charge in [0, 0.05) is 36.9 Å². The van der Waals surface area contributed by atoms with E-state index in [2.05, 4.69) is 15.2 Å². The molecular weight excluding hydrogens is 292 g/mol. The van der Waals surface area contributed by atoms with Gasteiger partial charge in [-0.1, -0.05) is 18.2 Å². The van der Waals surface area contributed by atoms with E-state index in [1.54, 1.807) is 7.11 Å². The minimum atomic E-state index is 0.0842. The summed E-state index contributed by atoms with van der Waals surface area (Å²) < 4.78 is 5.37. The molecular formula is C17H20N4O2. The third-order valence-corrected chi connectivity index (χ3v) is 4.62. The smallest absolute Gasteiger partial charge is 0.223 e. The number of H-pyrrole nitrogens is 1. The van der Waals surface area contributed by atoms with Gasteiger partial charge >= 0.3 is 0 Å². The molecule has 0 unspecified atom stereocenters. The molecule has 6 nitrogen and oxygen atoms in total. The Labute approximate surface area is 134 Å². The maximum atomic E-state index is 12.3. The van der Waals surface area contributed by atoms with Crippen molar-refractivity contribution in [3.05, 3.63) is 41.5 Å². The summed E-state index contributed by atoms with van der Waals surface area (Å²) in [5.74, 6) is 3.37. The van der Waals surface area contributed by atoms with E-state index in [4.69, 9.17) is 4.74 Å². The number of rotatable bonds is 5. The van der Waals surface area contributed by atoms with Gasteiger partial charge in [0.15, 0.2) is 5.82 Å². The number of nitrogens with zero attached hydrogens (tertiary/aromatic N) is 3. The lowest BCUT2D eigenvalue weighted by molar-refractivity contribution is -0.128. The number of aromatic nitrogens is 3. The summed E-state index contributed by atoms with van der Waals surface area (Å²) in [6, 6.07) is 7.82. The van der Waals surface area contributed by atoms with Gasteiger partial charge in [0.05, 0.1) is 7.11 Å². The number of amides is 1. The van der Waals surface area contributed by atoms with Gasteiger partial charge in [-0.15, -0.1) is 0 Å². The predicted octanol–water partition coefficient (Wildman–Crippen LogP) is 2.21. The molecule has 1 aliphatic heterocycles. The predicted molar refractivity (Wildman–Crippen MR) is 84.1 cm³/mol. The lowest BCUT2D eigenvalue weighted by Crippen LogP contribution is -2.24. The lowest BCUT2D eigenvalue weighted by Gasteiger charge is -2.18. The fourth-order valence-electron chi connectivity index (χ4n) is 3.15. The highest BCUT2D eigenvalue weighted by molar-refractivity contribution is 5.79. The number of hydrogen-bond acceptors (Lipinski definition) is 4. The van der Waals surface area contributed by atoms with Crippen LogP contribution in [-0.2, 0) is 11.3 Å². The molecule has 1 amide bonds. The Balaban J connectivity index is 1.47. The maximum Gasteiger partial charge on any atom is 0.223 e. The number of nitrogens with one attached hydrogen (secondary N) is 1. The molecule has 1 saturated heterocycles. The first-order valence-corrected chi connectivity index (χ1v) is 8.06. The van der Waals surface area contributed by atoms with Crippen molar-refractivity contribution in [3.8, 4) is 5.75 Å². The summed E-state index contributed by atoms with van der Waals surface area (Å²) in [7, 11) is 1.65. The molecule has 120 valence electrons. The molecule has 6 heteroatoms. The number of ether oxygens (including phenoxy) is 1. The number of para-hydroxylation sites is 1. The Kier molecular flexibility index (Phi) is 3.52. The van der Waals surface area contributed by atoms with E-state index in [-0.39, 0.29) is 11.8 Å². The zero-order valence-corrected chi connectivity index (χ0v) is 13.2. The number of benzene rings is 1. The van der Waals surface area contributed by atoms with Crippen LogP contribution in [0.5, 0.6) is 5.75 Å². The Hall–Kier alpha value is -2.37. The first-order valence-electron chi connectivity index (χ1n) is 8.06. The van der Waals surface area contributed by atoms with E-state index in [0.717, 1.165) is 23.0 Å². The zero-order valence-electron chi connectivity index (χ0n) is 13.2. The molecule has 1 N–H and O–H groups in total. The van der Waals surface area contributed by atoms with Crippen molar-refractivity contribution in [2.24, 2.45) is 0 Å². The second-order valence-electron chi connectivity index (χ2n) is 6.34. The summed E-state index contributed by atoms with van der Waals surface area (Å²) >= 11 is 0. The lowest BCUT2D eigenvalue weighted by atomic mass is 10.1. The highest BCUT2D eigenvalue weighted by Crippen LogP contribution is 2.38. The summed E-state index contributed by atoms with van der Waals surface area (Å²) in [4.78, 5) is 18.8. The first kappa shape index (κ1) is 14.2. The summed E-state index contributed by atoms with van der Waals surface area (Å²) in [6.07, 6.45) is 2.87. The minimum absolute atomic E-state index is 0.0842. The fourth-order valence-corrected chi connectivity index (χ4v) is 3.15. The molecule has 1 saturated carbocycles. The Bertz CT molecular complexity index is 723. The van der Waals surface area contributed by atoms with Crippen LogP contribution in [0.1, 0.15) is 48.3 Å². The van der Waals surface area contributed by atoms with Crippen LogP contribution in [-0.4, -0.2) is 39.6 Å². The Morgan fingerprint density at radius 3 is 2.91 bits per heavy atom. The Morgan fingerprint density at radius 1 is 1.30 bits per heavy atom. The maximum absolute atomic E-state index is 12.3. The molecule has 0 radical (unpaired) electrons. The monoisotopic (exact) mass is 312 g/mol. The van der Waals surface area contributed by atoms with Gasteiger partial charge in [-0.05, 0) is 18.9 Å². The number of aromatic amines is 1. The SMILES string of the molecule is COc1ccccc1CN1C[C@@H](c2n[nH]c(C3CC3)n2)CC1=O. The summed E-state index contributed by atoms with van der Waals surface area (Å²) in [5, 5.41) is 7.36. The van der Waals surface area contributed by atoms with Gasteiger partial charge < -0.3 is 9.64 Å². The van der Waals surface area contributed by atoms with Crippen LogP contribution < -0.4 is 4.74 Å². The molecule has 4 rings (SSSR count). The third kappa shape index (κ3) is 2.81. The number of likely N-dealkylation sites (tertiary alicyclic amines) is 1. The molecule has 2 aromatic rings. The molecule has 1 aromatic carbocycles. The van der Waals surface area contributed by atoms with Crippen LogP contribution in [0.2, 0.25) is 0 Å². The quantitative estimate of drug-likeness (QED) is 0.919. The number of hydrogen-bond donors (Lipinski definition) is 1. The second kappa shape index (κ2) is 5.68. The normalized spacial score (nSPS) is 21.0. The van der Waals surface area contributed by atoms with E-state index in [9.17, 15) is 4.79 Å². The summed E-state index contributed by atoms with van der Waals surface area (Å²) in [6.45, 7) is 1.23. The van der Waals surface area contributed by atoms with Gasteiger partial charge in [0.1, 0.15) is 11.6 Å². The molecule has 0 bridgehead atoms. The third-order valence-electron chi connectivity index (χ3n) is 4.62. The van der Waals surface area contributed by atoms with Gasteiger partial charge in [-0.2, -0.15) is 5.10 Å². The standard InChI is InChI=1S/C17H20N4O2/c1-23-14-5-3-2-4-12(14)9-21-10-13(8-15(21)22)17-18-16(19-20-17)11-6-7-11/h2-5,11,13H,6-10H2,1H3,(H,18,19,20)/t13-/m0/s1. The highest BCUT2D eigenvalue weighted by atomic mass is 16.5. The van der Waals surface area contributed by atoms with E-state index >= 15 is 0 Å². The van der Waals surface area contributed by atoms with Crippen LogP contribution in [0, 0.1) is 0 Å². The van der Waals surface area contributed by atoms with Crippen molar-refractivity contribution in [2.45, 2.75) is 37.6 Å². The topological polar surface area (TPSA) is 71.1 Å². The molecule has 23 heavy (non-hydrogen) atoms. The summed E-state index contributed by atoms with van der Waals surface area (Å²) in [5.41, 5.74) is 1.03. The molecule has 2 fully saturated rings. The van der Waals surface area contributed by atoms with Crippen molar-refractivity contribution in [1.82, 2.24) is 20.1 Å². The Morgan fingerprint density at radius 2 is 2.13 bits per heavy atom. The van der Waals surface area contributed by atoms with E-state index in [1.165, 1.54) is 12.8 Å². The average Bonchev–Trinajstić information content (AvgIpc) is 3.19. The van der Waals surface area contributed by atoms with Crippen LogP contribution >= 0.6 is 0 Å².